The van der Waals surface area contributed by atoms with Crippen LogP contribution in [0.5, 0.6) is 0 Å². The lowest BCUT2D eigenvalue weighted by Gasteiger charge is -2.25. The maximum atomic E-state index is 3.51. The maximum absolute atomic E-state index is 3.51. The molecule has 14 heavy (non-hydrogen) atoms. The molecule has 1 heterocycles. The van der Waals surface area contributed by atoms with Crippen molar-refractivity contribution < 1.29 is 0 Å². The Labute approximate surface area is 85.5 Å². The van der Waals surface area contributed by atoms with Crippen molar-refractivity contribution in [2.45, 2.75) is 38.5 Å². The Balaban J connectivity index is 2.12. The molecule has 1 N–H and O–H groups in total. The first-order valence-corrected chi connectivity index (χ1v) is 5.82. The van der Waals surface area contributed by atoms with Crippen molar-refractivity contribution in [3.8, 4) is 0 Å². The van der Waals surface area contributed by atoms with Crippen LogP contribution in [0.3, 0.4) is 0 Å². The molecule has 1 aromatic carbocycles. The highest BCUT2D eigenvalue weighted by molar-refractivity contribution is 5.59. The topological polar surface area (TPSA) is 12.0 Å². The molecule has 1 heteroatoms. The standard InChI is InChI=1S/C13H17N/c1-2-5-11-10(4-1)7-8-13-12(11)6-3-9-14-13/h7-8,14H,1-6,9H2. The summed E-state index contributed by atoms with van der Waals surface area (Å²) >= 11 is 0. The second kappa shape index (κ2) is 3.30. The van der Waals surface area contributed by atoms with Crippen molar-refractivity contribution in [3.05, 3.63) is 28.8 Å². The largest absolute Gasteiger partial charge is 0.385 e. The molecule has 1 nitrogen and oxygen atoms in total. The van der Waals surface area contributed by atoms with Gasteiger partial charge in [0.15, 0.2) is 0 Å². The summed E-state index contributed by atoms with van der Waals surface area (Å²) in [5, 5.41) is 3.51. The molecule has 0 bridgehead atoms. The fourth-order valence-corrected chi connectivity index (χ4v) is 2.84. The second-order valence-corrected chi connectivity index (χ2v) is 4.47. The van der Waals surface area contributed by atoms with E-state index in [2.05, 4.69) is 17.4 Å². The highest BCUT2D eigenvalue weighted by Gasteiger charge is 2.17. The van der Waals surface area contributed by atoms with Gasteiger partial charge in [0, 0.05) is 12.2 Å². The normalized spacial score (nSPS) is 19.4. The molecule has 1 aromatic rings. The van der Waals surface area contributed by atoms with Crippen LogP contribution < -0.4 is 5.32 Å². The van der Waals surface area contributed by atoms with Gasteiger partial charge >= 0.3 is 0 Å². The SMILES string of the molecule is c1cc2c(c3c1CCCC3)CCCN2. The number of fused-ring (bicyclic) bond motifs is 3. The van der Waals surface area contributed by atoms with E-state index in [-0.39, 0.29) is 0 Å². The van der Waals surface area contributed by atoms with Gasteiger partial charge < -0.3 is 5.32 Å². The molecular formula is C13H17N. The van der Waals surface area contributed by atoms with E-state index >= 15 is 0 Å². The van der Waals surface area contributed by atoms with Gasteiger partial charge in [-0.2, -0.15) is 0 Å². The first-order chi connectivity index (χ1) is 6.95. The average molecular weight is 187 g/mol. The van der Waals surface area contributed by atoms with E-state index in [4.69, 9.17) is 0 Å². The third-order valence-electron chi connectivity index (χ3n) is 3.57. The Morgan fingerprint density at radius 1 is 0.857 bits per heavy atom. The highest BCUT2D eigenvalue weighted by Crippen LogP contribution is 2.32. The van der Waals surface area contributed by atoms with E-state index in [1.54, 1.807) is 16.7 Å². The van der Waals surface area contributed by atoms with Crippen LogP contribution in [0.15, 0.2) is 12.1 Å². The fourth-order valence-electron chi connectivity index (χ4n) is 2.84. The van der Waals surface area contributed by atoms with Gasteiger partial charge in [-0.15, -0.1) is 0 Å². The third kappa shape index (κ3) is 1.23. The predicted molar refractivity (Wildman–Crippen MR) is 59.9 cm³/mol. The maximum Gasteiger partial charge on any atom is 0.0375 e. The molecule has 0 radical (unpaired) electrons. The molecule has 1 aliphatic carbocycles. The van der Waals surface area contributed by atoms with Crippen molar-refractivity contribution in [3.63, 3.8) is 0 Å². The van der Waals surface area contributed by atoms with E-state index in [9.17, 15) is 0 Å². The minimum atomic E-state index is 1.16. The van der Waals surface area contributed by atoms with Gasteiger partial charge in [0.25, 0.3) is 0 Å². The molecule has 0 atom stereocenters. The molecule has 0 saturated heterocycles. The van der Waals surface area contributed by atoms with Gasteiger partial charge in [0.05, 0.1) is 0 Å². The van der Waals surface area contributed by atoms with Crippen LogP contribution in [0.4, 0.5) is 5.69 Å². The van der Waals surface area contributed by atoms with Gasteiger partial charge in [-0.25, -0.2) is 0 Å². The summed E-state index contributed by atoms with van der Waals surface area (Å²) in [6.45, 7) is 1.16. The molecule has 0 fully saturated rings. The van der Waals surface area contributed by atoms with Crippen molar-refractivity contribution in [2.24, 2.45) is 0 Å². The molecule has 0 unspecified atom stereocenters. The summed E-state index contributed by atoms with van der Waals surface area (Å²) in [6, 6.07) is 4.63. The number of anilines is 1. The lowest BCUT2D eigenvalue weighted by Crippen LogP contribution is -2.16. The van der Waals surface area contributed by atoms with E-state index in [0.29, 0.717) is 0 Å². The Hall–Kier alpha value is -0.980. The van der Waals surface area contributed by atoms with Crippen LogP contribution in [0.25, 0.3) is 0 Å². The Morgan fingerprint density at radius 3 is 2.71 bits per heavy atom. The zero-order valence-corrected chi connectivity index (χ0v) is 8.60. The Bertz CT molecular complexity index is 319. The van der Waals surface area contributed by atoms with Crippen LogP contribution in [0.2, 0.25) is 0 Å². The minimum absolute atomic E-state index is 1.16. The molecule has 74 valence electrons. The molecule has 2 aliphatic rings. The van der Waals surface area contributed by atoms with Crippen LogP contribution >= 0.6 is 0 Å². The summed E-state index contributed by atoms with van der Waals surface area (Å²) in [5.74, 6) is 0. The van der Waals surface area contributed by atoms with Crippen molar-refractivity contribution in [1.29, 1.82) is 0 Å². The summed E-state index contributed by atoms with van der Waals surface area (Å²) in [5.41, 5.74) is 6.35. The average Bonchev–Trinajstić information content (AvgIpc) is 2.29. The number of aryl methyl sites for hydroxylation is 1. The summed E-state index contributed by atoms with van der Waals surface area (Å²) in [6.07, 6.45) is 8.01. The quantitative estimate of drug-likeness (QED) is 0.658. The number of hydrogen-bond donors (Lipinski definition) is 1. The van der Waals surface area contributed by atoms with Crippen LogP contribution in [-0.2, 0) is 19.3 Å². The monoisotopic (exact) mass is 187 g/mol. The summed E-state index contributed by atoms with van der Waals surface area (Å²) < 4.78 is 0. The van der Waals surface area contributed by atoms with Gasteiger partial charge in [0.2, 0.25) is 0 Å². The molecule has 1 aliphatic heterocycles. The number of nitrogens with one attached hydrogen (secondary N) is 1. The summed E-state index contributed by atoms with van der Waals surface area (Å²) in [7, 11) is 0. The van der Waals surface area contributed by atoms with Crippen molar-refractivity contribution >= 4 is 5.69 Å². The van der Waals surface area contributed by atoms with E-state index < -0.39 is 0 Å². The van der Waals surface area contributed by atoms with Crippen LogP contribution in [0, 0.1) is 0 Å². The van der Waals surface area contributed by atoms with Crippen LogP contribution in [0.1, 0.15) is 36.0 Å². The molecule has 0 saturated carbocycles. The molecular weight excluding hydrogens is 170 g/mol. The van der Waals surface area contributed by atoms with E-state index in [0.717, 1.165) is 6.54 Å². The smallest absolute Gasteiger partial charge is 0.0375 e. The lowest BCUT2D eigenvalue weighted by molar-refractivity contribution is 0.672. The molecule has 0 amide bonds. The second-order valence-electron chi connectivity index (χ2n) is 4.47. The zero-order valence-electron chi connectivity index (χ0n) is 8.60. The number of rotatable bonds is 0. The van der Waals surface area contributed by atoms with Gasteiger partial charge in [0.1, 0.15) is 0 Å². The molecule has 3 rings (SSSR count). The molecule has 0 aromatic heterocycles. The van der Waals surface area contributed by atoms with E-state index in [1.807, 2.05) is 0 Å². The number of hydrogen-bond acceptors (Lipinski definition) is 1. The van der Waals surface area contributed by atoms with Crippen molar-refractivity contribution in [2.75, 3.05) is 11.9 Å². The first-order valence-electron chi connectivity index (χ1n) is 5.82. The van der Waals surface area contributed by atoms with Crippen LogP contribution in [-0.4, -0.2) is 6.54 Å². The van der Waals surface area contributed by atoms with Gasteiger partial charge in [-0.1, -0.05) is 6.07 Å². The third-order valence-corrected chi connectivity index (χ3v) is 3.57. The van der Waals surface area contributed by atoms with E-state index in [1.165, 1.54) is 44.2 Å². The Morgan fingerprint density at radius 2 is 1.71 bits per heavy atom. The fraction of sp³-hybridized carbons (Fsp3) is 0.538. The van der Waals surface area contributed by atoms with Gasteiger partial charge in [-0.05, 0) is 61.3 Å². The molecule has 0 spiro atoms. The minimum Gasteiger partial charge on any atom is -0.385 e. The lowest BCUT2D eigenvalue weighted by atomic mass is 9.85. The predicted octanol–water partition coefficient (Wildman–Crippen LogP) is 2.92. The Kier molecular flexibility index (Phi) is 1.97. The zero-order chi connectivity index (χ0) is 9.38. The number of benzene rings is 1. The first kappa shape index (κ1) is 8.34. The highest BCUT2D eigenvalue weighted by atomic mass is 14.9. The van der Waals surface area contributed by atoms with Crippen molar-refractivity contribution in [1.82, 2.24) is 0 Å². The summed E-state index contributed by atoms with van der Waals surface area (Å²) in [4.78, 5) is 0. The van der Waals surface area contributed by atoms with Gasteiger partial charge in [-0.3, -0.25) is 0 Å².